The maximum Gasteiger partial charge on any atom is 0.256 e. The number of nitrogens with one attached hydrogen (secondary N) is 1. The molecule has 3 rings (SSSR count). The van der Waals surface area contributed by atoms with Crippen LogP contribution in [0.5, 0.6) is 0 Å². The van der Waals surface area contributed by atoms with Crippen LogP contribution in [-0.4, -0.2) is 65.3 Å². The normalized spacial score (nSPS) is 13.3. The molecule has 10 heteroatoms. The molecule has 0 saturated carbocycles. The average Bonchev–Trinajstić information content (AvgIpc) is 2.79. The Labute approximate surface area is 197 Å². The number of rotatable bonds is 6. The van der Waals surface area contributed by atoms with Gasteiger partial charge >= 0.3 is 0 Å². The van der Waals surface area contributed by atoms with Crippen LogP contribution in [0, 0.1) is 11.2 Å². The molecule has 0 unspecified atom stereocenters. The minimum Gasteiger partial charge on any atom is -0.366 e. The number of hydrogen-bond donors (Lipinski definition) is 2. The molecule has 7 nitrogen and oxygen atoms in total. The molecule has 3 amide bonds. The van der Waals surface area contributed by atoms with Crippen molar-refractivity contribution in [3.63, 3.8) is 0 Å². The van der Waals surface area contributed by atoms with Gasteiger partial charge in [-0.15, -0.1) is 11.6 Å². The van der Waals surface area contributed by atoms with Gasteiger partial charge in [0.25, 0.3) is 5.91 Å². The summed E-state index contributed by atoms with van der Waals surface area (Å²) in [5.41, 5.74) is 6.61. The van der Waals surface area contributed by atoms with Crippen LogP contribution in [0.3, 0.4) is 0 Å². The van der Waals surface area contributed by atoms with Gasteiger partial charge in [-0.05, 0) is 23.8 Å². The Morgan fingerprint density at radius 1 is 0.969 bits per heavy atom. The third-order valence-electron chi connectivity index (χ3n) is 5.19. The molecular formula is C22H24ClFN4O3S. The summed E-state index contributed by atoms with van der Waals surface area (Å²) in [5, 5.41) is 8.36. The number of amides is 3. The van der Waals surface area contributed by atoms with Gasteiger partial charge in [0, 0.05) is 49.4 Å². The molecule has 1 aliphatic rings. The number of nitrogens with zero attached hydrogens (tertiary/aromatic N) is 2. The molecule has 0 aromatic heterocycles. The Balaban J connectivity index is 0.00000363. The Hall–Kier alpha value is -2.91. The zero-order chi connectivity index (χ0) is 22.5. The molecule has 1 saturated heterocycles. The molecule has 0 aliphatic carbocycles. The lowest BCUT2D eigenvalue weighted by Crippen LogP contribution is -2.51. The molecular weight excluding hydrogens is 455 g/mol. The van der Waals surface area contributed by atoms with Gasteiger partial charge in [-0.2, -0.15) is 13.5 Å². The highest BCUT2D eigenvalue weighted by molar-refractivity contribution is 7.59. The van der Waals surface area contributed by atoms with Crippen molar-refractivity contribution < 1.29 is 18.8 Å². The van der Waals surface area contributed by atoms with Crippen LogP contribution in [0.1, 0.15) is 31.8 Å². The van der Waals surface area contributed by atoms with Crippen molar-refractivity contribution in [2.75, 3.05) is 32.1 Å². The zero-order valence-electron chi connectivity index (χ0n) is 17.2. The maximum absolute atomic E-state index is 14.4. The van der Waals surface area contributed by atoms with Gasteiger partial charge in [0.15, 0.2) is 0 Å². The Morgan fingerprint density at radius 3 is 2.16 bits per heavy atom. The van der Waals surface area contributed by atoms with Crippen molar-refractivity contribution in [2.45, 2.75) is 6.42 Å². The van der Waals surface area contributed by atoms with Crippen molar-refractivity contribution in [2.24, 2.45) is 5.73 Å². The summed E-state index contributed by atoms with van der Waals surface area (Å²) in [7, 11) is 0. The second-order valence-electron chi connectivity index (χ2n) is 7.19. The fourth-order valence-corrected chi connectivity index (χ4v) is 3.69. The summed E-state index contributed by atoms with van der Waals surface area (Å²) in [5.74, 6) is -2.08. The molecule has 1 aliphatic heterocycles. The lowest BCUT2D eigenvalue weighted by molar-refractivity contribution is -0.129. The van der Waals surface area contributed by atoms with Crippen LogP contribution in [0.4, 0.5) is 4.39 Å². The van der Waals surface area contributed by atoms with Crippen molar-refractivity contribution in [1.82, 2.24) is 9.80 Å². The largest absolute Gasteiger partial charge is 0.366 e. The van der Waals surface area contributed by atoms with Crippen LogP contribution in [0.25, 0.3) is 0 Å². The zero-order valence-corrected chi connectivity index (χ0v) is 19.0. The summed E-state index contributed by atoms with van der Waals surface area (Å²) < 4.78 is 14.4. The van der Waals surface area contributed by atoms with E-state index in [1.807, 2.05) is 0 Å². The molecule has 2 aromatic carbocycles. The predicted octanol–water partition coefficient (Wildman–Crippen LogP) is 2.17. The third-order valence-corrected chi connectivity index (χ3v) is 5.42. The second-order valence-corrected chi connectivity index (χ2v) is 7.45. The molecule has 0 atom stereocenters. The van der Waals surface area contributed by atoms with E-state index in [1.54, 1.807) is 29.2 Å². The van der Waals surface area contributed by atoms with Gasteiger partial charge in [0.1, 0.15) is 11.7 Å². The molecule has 1 heterocycles. The maximum atomic E-state index is 14.4. The molecule has 0 bridgehead atoms. The van der Waals surface area contributed by atoms with E-state index >= 15 is 0 Å². The van der Waals surface area contributed by atoms with Crippen molar-refractivity contribution in [1.29, 1.82) is 5.41 Å². The summed E-state index contributed by atoms with van der Waals surface area (Å²) in [6.45, 7) is 1.25. The van der Waals surface area contributed by atoms with Crippen LogP contribution < -0.4 is 5.73 Å². The summed E-state index contributed by atoms with van der Waals surface area (Å²) >= 11 is 5.57. The van der Waals surface area contributed by atoms with Gasteiger partial charge in [0.05, 0.1) is 5.56 Å². The van der Waals surface area contributed by atoms with Gasteiger partial charge in [-0.1, -0.05) is 24.3 Å². The van der Waals surface area contributed by atoms with Crippen LogP contribution >= 0.6 is 25.1 Å². The molecule has 170 valence electrons. The Bertz CT molecular complexity index is 1040. The number of benzene rings is 2. The average molecular weight is 479 g/mol. The fraction of sp³-hybridized carbons (Fsp3) is 0.273. The predicted molar refractivity (Wildman–Crippen MR) is 125 cm³/mol. The Kier molecular flexibility index (Phi) is 8.80. The molecule has 32 heavy (non-hydrogen) atoms. The van der Waals surface area contributed by atoms with Crippen molar-refractivity contribution in [3.8, 4) is 0 Å². The number of piperazine rings is 1. The minimum absolute atomic E-state index is 0. The molecule has 1 fully saturated rings. The van der Waals surface area contributed by atoms with E-state index in [-0.39, 0.29) is 61.6 Å². The standard InChI is InChI=1S/C22H22ClFN4O3.H2S/c23-13-20(29)27-7-9-28(10-8-27)22(31)17-11-14(5-6-18(17)24)12-19(25)15-3-1-2-4-16(15)21(26)30;/h1-6,11,25H,7-10,12-13H2,(H2,26,30);1H2. The van der Waals surface area contributed by atoms with Gasteiger partial charge in [-0.3, -0.25) is 14.4 Å². The molecule has 0 radical (unpaired) electrons. The van der Waals surface area contributed by atoms with Crippen molar-refractivity contribution in [3.05, 3.63) is 70.5 Å². The number of halogens is 2. The lowest BCUT2D eigenvalue weighted by Gasteiger charge is -2.34. The molecule has 3 N–H and O–H groups in total. The van der Waals surface area contributed by atoms with E-state index in [9.17, 15) is 18.8 Å². The second kappa shape index (κ2) is 11.1. The molecule has 2 aromatic rings. The number of primary amides is 1. The SMILES string of the molecule is N=C(Cc1ccc(F)c(C(=O)N2CCN(C(=O)CCl)CC2)c1)c1ccccc1C(N)=O.S. The summed E-state index contributed by atoms with van der Waals surface area (Å²) in [6, 6.07) is 10.7. The van der Waals surface area contributed by atoms with Crippen LogP contribution in [-0.2, 0) is 11.2 Å². The van der Waals surface area contributed by atoms with E-state index in [0.717, 1.165) is 0 Å². The van der Waals surface area contributed by atoms with E-state index in [0.29, 0.717) is 24.2 Å². The van der Waals surface area contributed by atoms with Crippen LogP contribution in [0.15, 0.2) is 42.5 Å². The first-order chi connectivity index (χ1) is 14.8. The van der Waals surface area contributed by atoms with Gasteiger partial charge in [-0.25, -0.2) is 4.39 Å². The third kappa shape index (κ3) is 5.66. The number of carbonyl (C=O) groups is 3. The van der Waals surface area contributed by atoms with E-state index in [4.69, 9.17) is 22.7 Å². The minimum atomic E-state index is -0.655. The number of alkyl halides is 1. The first-order valence-corrected chi connectivity index (χ1v) is 10.2. The highest BCUT2D eigenvalue weighted by atomic mass is 35.5. The van der Waals surface area contributed by atoms with Crippen molar-refractivity contribution >= 4 is 48.5 Å². The lowest BCUT2D eigenvalue weighted by atomic mass is 9.96. The monoisotopic (exact) mass is 478 g/mol. The van der Waals surface area contributed by atoms with E-state index in [1.165, 1.54) is 23.1 Å². The number of carbonyl (C=O) groups excluding carboxylic acids is 3. The smallest absolute Gasteiger partial charge is 0.256 e. The highest BCUT2D eigenvalue weighted by Crippen LogP contribution is 2.18. The highest BCUT2D eigenvalue weighted by Gasteiger charge is 2.26. The van der Waals surface area contributed by atoms with Gasteiger partial charge < -0.3 is 20.9 Å². The fourth-order valence-electron chi connectivity index (χ4n) is 3.52. The number of hydrogen-bond acceptors (Lipinski definition) is 4. The first-order valence-electron chi connectivity index (χ1n) is 9.70. The number of nitrogens with two attached hydrogens (primary N) is 1. The first kappa shape index (κ1) is 25.4. The van der Waals surface area contributed by atoms with E-state index < -0.39 is 17.6 Å². The Morgan fingerprint density at radius 2 is 1.56 bits per heavy atom. The summed E-state index contributed by atoms with van der Waals surface area (Å²) in [6.07, 6.45) is 0.100. The van der Waals surface area contributed by atoms with Crippen LogP contribution in [0.2, 0.25) is 0 Å². The topological polar surface area (TPSA) is 108 Å². The van der Waals surface area contributed by atoms with E-state index in [2.05, 4.69) is 0 Å². The quantitative estimate of drug-likeness (QED) is 0.490. The summed E-state index contributed by atoms with van der Waals surface area (Å²) in [4.78, 5) is 39.2. The molecule has 0 spiro atoms. The van der Waals surface area contributed by atoms with Gasteiger partial charge in [0.2, 0.25) is 11.8 Å².